The first-order valence-corrected chi connectivity index (χ1v) is 9.97. The van der Waals surface area contributed by atoms with Crippen LogP contribution in [0.3, 0.4) is 0 Å². The van der Waals surface area contributed by atoms with E-state index >= 15 is 0 Å². The number of benzene rings is 2. The Morgan fingerprint density at radius 3 is 2.79 bits per heavy atom. The monoisotopic (exact) mass is 399 g/mol. The van der Waals surface area contributed by atoms with Gasteiger partial charge in [-0.1, -0.05) is 25.5 Å². The number of carbonyl (C=O) groups excluding carboxylic acids is 1. The zero-order valence-electron chi connectivity index (χ0n) is 16.3. The molecule has 1 aliphatic heterocycles. The first-order chi connectivity index (χ1) is 14.1. The molecule has 1 aliphatic rings. The van der Waals surface area contributed by atoms with Gasteiger partial charge in [-0.05, 0) is 54.7 Å². The highest BCUT2D eigenvalue weighted by atomic mass is 19.2. The van der Waals surface area contributed by atoms with Crippen LogP contribution in [0.5, 0.6) is 0 Å². The van der Waals surface area contributed by atoms with Crippen molar-refractivity contribution >= 4 is 17.1 Å². The van der Waals surface area contributed by atoms with Gasteiger partial charge in [0.15, 0.2) is 17.2 Å². The molecule has 3 aromatic rings. The molecule has 1 fully saturated rings. The highest BCUT2D eigenvalue weighted by Crippen LogP contribution is 2.34. The molecule has 1 aromatic heterocycles. The third-order valence-electron chi connectivity index (χ3n) is 5.26. The summed E-state index contributed by atoms with van der Waals surface area (Å²) in [5.74, 6) is -1.26. The van der Waals surface area contributed by atoms with Crippen molar-refractivity contribution in [3.63, 3.8) is 0 Å². The average Bonchev–Trinajstić information content (AvgIpc) is 3.36. The van der Waals surface area contributed by atoms with E-state index in [0.29, 0.717) is 35.6 Å². The van der Waals surface area contributed by atoms with Gasteiger partial charge < -0.3 is 14.6 Å². The van der Waals surface area contributed by atoms with Gasteiger partial charge in [-0.15, -0.1) is 0 Å². The first-order valence-electron chi connectivity index (χ1n) is 9.97. The van der Waals surface area contributed by atoms with Crippen molar-refractivity contribution in [2.45, 2.75) is 38.6 Å². The molecule has 0 radical (unpaired) electrons. The number of hydrogen-bond donors (Lipinski definition) is 1. The van der Waals surface area contributed by atoms with Gasteiger partial charge in [0.05, 0.1) is 0 Å². The molecule has 0 unspecified atom stereocenters. The van der Waals surface area contributed by atoms with Crippen LogP contribution in [-0.4, -0.2) is 29.0 Å². The van der Waals surface area contributed by atoms with Gasteiger partial charge in [0.2, 0.25) is 5.89 Å². The topological polar surface area (TPSA) is 58.4 Å². The lowest BCUT2D eigenvalue weighted by Crippen LogP contribution is -2.39. The van der Waals surface area contributed by atoms with Crippen LogP contribution in [0.15, 0.2) is 40.8 Å². The summed E-state index contributed by atoms with van der Waals surface area (Å²) in [5.41, 5.74) is 2.51. The number of urea groups is 1. The number of likely N-dealkylation sites (tertiary alicyclic amines) is 1. The van der Waals surface area contributed by atoms with Gasteiger partial charge in [0.25, 0.3) is 0 Å². The number of rotatable bonds is 5. The van der Waals surface area contributed by atoms with E-state index in [9.17, 15) is 13.6 Å². The zero-order chi connectivity index (χ0) is 20.4. The van der Waals surface area contributed by atoms with Gasteiger partial charge in [-0.3, -0.25) is 0 Å². The van der Waals surface area contributed by atoms with Crippen LogP contribution in [0.25, 0.3) is 22.2 Å². The molecule has 0 saturated carbocycles. The summed E-state index contributed by atoms with van der Waals surface area (Å²) >= 11 is 0. The van der Waals surface area contributed by atoms with Crippen LogP contribution in [0, 0.1) is 11.6 Å². The zero-order valence-corrected chi connectivity index (χ0v) is 16.3. The third-order valence-corrected chi connectivity index (χ3v) is 5.26. The van der Waals surface area contributed by atoms with E-state index < -0.39 is 11.6 Å². The molecule has 1 saturated heterocycles. The highest BCUT2D eigenvalue weighted by molar-refractivity contribution is 5.80. The fraction of sp³-hybridized carbons (Fsp3) is 0.364. The van der Waals surface area contributed by atoms with Crippen LogP contribution < -0.4 is 5.32 Å². The number of nitrogens with zero attached hydrogens (tertiary/aromatic N) is 2. The molecule has 2 heterocycles. The smallest absolute Gasteiger partial charge is 0.318 e. The number of fused-ring (bicyclic) bond motifs is 1. The normalized spacial score (nSPS) is 16.5. The van der Waals surface area contributed by atoms with Crippen molar-refractivity contribution in [1.29, 1.82) is 0 Å². The second-order valence-corrected chi connectivity index (χ2v) is 7.30. The maximum Gasteiger partial charge on any atom is 0.318 e. The van der Waals surface area contributed by atoms with Gasteiger partial charge in [-0.25, -0.2) is 18.6 Å². The van der Waals surface area contributed by atoms with E-state index in [1.807, 2.05) is 0 Å². The first kappa shape index (κ1) is 19.4. The second kappa shape index (κ2) is 8.19. The van der Waals surface area contributed by atoms with Gasteiger partial charge in [-0.2, -0.15) is 0 Å². The Morgan fingerprint density at radius 1 is 1.21 bits per heavy atom. The predicted octanol–water partition coefficient (Wildman–Crippen LogP) is 5.42. The summed E-state index contributed by atoms with van der Waals surface area (Å²) in [4.78, 5) is 18.9. The maximum atomic E-state index is 13.6. The Bertz CT molecular complexity index is 1030. The molecule has 0 bridgehead atoms. The van der Waals surface area contributed by atoms with Crippen LogP contribution in [0.4, 0.5) is 13.6 Å². The molecule has 0 spiro atoms. The van der Waals surface area contributed by atoms with E-state index in [1.165, 1.54) is 6.07 Å². The number of hydrogen-bond acceptors (Lipinski definition) is 3. The molecule has 152 valence electrons. The Hall–Kier alpha value is -2.96. The number of aromatic nitrogens is 1. The Balaban J connectivity index is 1.58. The van der Waals surface area contributed by atoms with Crippen molar-refractivity contribution in [3.05, 3.63) is 53.9 Å². The van der Waals surface area contributed by atoms with Crippen molar-refractivity contribution < 1.29 is 18.0 Å². The number of oxazole rings is 1. The van der Waals surface area contributed by atoms with Crippen molar-refractivity contribution in [3.8, 4) is 11.1 Å². The minimum Gasteiger partial charge on any atom is -0.438 e. The summed E-state index contributed by atoms with van der Waals surface area (Å²) in [6.07, 6.45) is 3.66. The van der Waals surface area contributed by atoms with Crippen LogP contribution in [0.1, 0.15) is 44.5 Å². The van der Waals surface area contributed by atoms with E-state index in [-0.39, 0.29) is 12.1 Å². The quantitative estimate of drug-likeness (QED) is 0.583. The standard InChI is InChI=1S/C22H23F2N3O2/c1-2-3-10-25-22(28)27-11-4-5-19(27)21-26-18-13-15(7-9-20(18)29-21)14-6-8-16(23)17(24)12-14/h6-9,12-13,19H,2-5,10-11H2,1H3,(H,25,28)/t19-/m0/s1. The molecule has 0 aliphatic carbocycles. The Kier molecular flexibility index (Phi) is 5.47. The molecule has 1 N–H and O–H groups in total. The number of halogens is 2. The predicted molar refractivity (Wildman–Crippen MR) is 106 cm³/mol. The number of nitrogens with one attached hydrogen (secondary N) is 1. The van der Waals surface area contributed by atoms with Crippen molar-refractivity contribution in [1.82, 2.24) is 15.2 Å². The average molecular weight is 399 g/mol. The van der Waals surface area contributed by atoms with E-state index in [1.54, 1.807) is 23.1 Å². The van der Waals surface area contributed by atoms with Crippen molar-refractivity contribution in [2.24, 2.45) is 0 Å². The largest absolute Gasteiger partial charge is 0.438 e. The van der Waals surface area contributed by atoms with Gasteiger partial charge >= 0.3 is 6.03 Å². The number of unbranched alkanes of at least 4 members (excludes halogenated alkanes) is 1. The van der Waals surface area contributed by atoms with E-state index in [2.05, 4.69) is 17.2 Å². The molecular formula is C22H23F2N3O2. The molecular weight excluding hydrogens is 376 g/mol. The minimum absolute atomic E-state index is 0.0920. The fourth-order valence-electron chi connectivity index (χ4n) is 3.68. The summed E-state index contributed by atoms with van der Waals surface area (Å²) in [5, 5.41) is 2.95. The molecule has 29 heavy (non-hydrogen) atoms. The second-order valence-electron chi connectivity index (χ2n) is 7.30. The highest BCUT2D eigenvalue weighted by Gasteiger charge is 2.33. The molecule has 2 aromatic carbocycles. The summed E-state index contributed by atoms with van der Waals surface area (Å²) in [6, 6.07) is 8.85. The maximum absolute atomic E-state index is 13.6. The van der Waals surface area contributed by atoms with E-state index in [4.69, 9.17) is 4.42 Å². The lowest BCUT2D eigenvalue weighted by atomic mass is 10.1. The summed E-state index contributed by atoms with van der Waals surface area (Å²) in [7, 11) is 0. The molecule has 5 nitrogen and oxygen atoms in total. The van der Waals surface area contributed by atoms with Crippen LogP contribution in [-0.2, 0) is 0 Å². The van der Waals surface area contributed by atoms with Crippen LogP contribution >= 0.6 is 0 Å². The molecule has 2 amide bonds. The Morgan fingerprint density at radius 2 is 2.00 bits per heavy atom. The van der Waals surface area contributed by atoms with Crippen LogP contribution in [0.2, 0.25) is 0 Å². The lowest BCUT2D eigenvalue weighted by Gasteiger charge is -2.22. The number of amides is 2. The summed E-state index contributed by atoms with van der Waals surface area (Å²) in [6.45, 7) is 3.41. The van der Waals surface area contributed by atoms with E-state index in [0.717, 1.165) is 43.4 Å². The lowest BCUT2D eigenvalue weighted by molar-refractivity contribution is 0.185. The minimum atomic E-state index is -0.890. The fourth-order valence-corrected chi connectivity index (χ4v) is 3.68. The SMILES string of the molecule is CCCCNC(=O)N1CCC[C@H]1c1nc2cc(-c3ccc(F)c(F)c3)ccc2o1. The van der Waals surface area contributed by atoms with Gasteiger partial charge in [0, 0.05) is 13.1 Å². The molecule has 4 rings (SSSR count). The third kappa shape index (κ3) is 3.95. The summed E-state index contributed by atoms with van der Waals surface area (Å²) < 4.78 is 32.7. The number of carbonyl (C=O) groups is 1. The molecule has 1 atom stereocenters. The Labute approximate surface area is 167 Å². The molecule has 7 heteroatoms. The van der Waals surface area contributed by atoms with Gasteiger partial charge in [0.1, 0.15) is 11.6 Å². The van der Waals surface area contributed by atoms with Crippen molar-refractivity contribution in [2.75, 3.05) is 13.1 Å².